The molecule has 6 heteroatoms. The third-order valence-corrected chi connectivity index (χ3v) is 2.12. The summed E-state index contributed by atoms with van der Waals surface area (Å²) in [6, 6.07) is 3.04. The van der Waals surface area contributed by atoms with E-state index in [2.05, 4.69) is 10.9 Å². The summed E-state index contributed by atoms with van der Waals surface area (Å²) < 4.78 is 12.8. The van der Waals surface area contributed by atoms with E-state index in [0.717, 1.165) is 0 Å². The van der Waals surface area contributed by atoms with Crippen molar-refractivity contribution in [2.45, 2.75) is 6.04 Å². The highest BCUT2D eigenvalue weighted by molar-refractivity contribution is 6.30. The predicted octanol–water partition coefficient (Wildman–Crippen LogP) is 0.730. The largest absolute Gasteiger partial charge is 0.316 e. The van der Waals surface area contributed by atoms with Crippen LogP contribution in [0.15, 0.2) is 18.2 Å². The van der Waals surface area contributed by atoms with Crippen molar-refractivity contribution in [3.05, 3.63) is 34.6 Å². The normalized spacial score (nSPS) is 12.3. The molecule has 4 N–H and O–H groups in total. The molecular formula is C9H11ClFN3O. The fraction of sp³-hybridized carbons (Fsp3) is 0.222. The van der Waals surface area contributed by atoms with Gasteiger partial charge in [-0.05, 0) is 17.7 Å². The first kappa shape index (κ1) is 11.9. The zero-order valence-electron chi connectivity index (χ0n) is 8.05. The average Bonchev–Trinajstić information content (AvgIpc) is 2.21. The lowest BCUT2D eigenvalue weighted by Crippen LogP contribution is -2.40. The number of nitrogens with one attached hydrogen (secondary N) is 2. The molecule has 0 spiro atoms. The first-order valence-corrected chi connectivity index (χ1v) is 4.61. The van der Waals surface area contributed by atoms with Gasteiger partial charge in [-0.2, -0.15) is 0 Å². The minimum atomic E-state index is -0.879. The summed E-state index contributed by atoms with van der Waals surface area (Å²) in [6.45, 7) is 0. The smallest absolute Gasteiger partial charge is 0.255 e. The molecule has 1 unspecified atom stereocenters. The molecule has 15 heavy (non-hydrogen) atoms. The van der Waals surface area contributed by atoms with Crippen LogP contribution in [0.1, 0.15) is 11.6 Å². The van der Waals surface area contributed by atoms with Crippen molar-refractivity contribution >= 4 is 17.5 Å². The van der Waals surface area contributed by atoms with Crippen LogP contribution >= 0.6 is 11.6 Å². The van der Waals surface area contributed by atoms with Crippen LogP contribution in [0.3, 0.4) is 0 Å². The van der Waals surface area contributed by atoms with E-state index in [0.29, 0.717) is 5.56 Å². The second kappa shape index (κ2) is 5.06. The van der Waals surface area contributed by atoms with E-state index in [4.69, 9.17) is 17.3 Å². The zero-order valence-corrected chi connectivity index (χ0v) is 8.81. The molecule has 1 aromatic rings. The van der Waals surface area contributed by atoms with Crippen LogP contribution in [-0.2, 0) is 4.79 Å². The number of carbonyl (C=O) groups is 1. The van der Waals surface area contributed by atoms with E-state index in [1.165, 1.54) is 18.2 Å². The number of benzene rings is 1. The molecule has 0 fully saturated rings. The highest BCUT2D eigenvalue weighted by Gasteiger charge is 2.16. The van der Waals surface area contributed by atoms with E-state index in [1.807, 2.05) is 0 Å². The standard InChI is InChI=1S/C9H11ClFN3O/c1-13-14-9(15)8(12)5-2-3-7(11)6(10)4-5/h2-4,8,13H,12H2,1H3,(H,14,15). The van der Waals surface area contributed by atoms with Gasteiger partial charge in [0.15, 0.2) is 0 Å². The number of amides is 1. The van der Waals surface area contributed by atoms with Gasteiger partial charge < -0.3 is 5.73 Å². The molecule has 0 aromatic heterocycles. The minimum Gasteiger partial charge on any atom is -0.316 e. The van der Waals surface area contributed by atoms with Gasteiger partial charge in [0.05, 0.1) is 5.02 Å². The fourth-order valence-electron chi connectivity index (χ4n) is 1.06. The molecule has 0 saturated carbocycles. The zero-order chi connectivity index (χ0) is 11.4. The molecular weight excluding hydrogens is 221 g/mol. The van der Waals surface area contributed by atoms with Crippen molar-refractivity contribution in [2.75, 3.05) is 7.05 Å². The maximum atomic E-state index is 12.8. The molecule has 0 aliphatic rings. The molecule has 0 aliphatic carbocycles. The molecule has 0 heterocycles. The lowest BCUT2D eigenvalue weighted by atomic mass is 10.1. The molecule has 0 aliphatic heterocycles. The van der Waals surface area contributed by atoms with Gasteiger partial charge in [-0.15, -0.1) is 0 Å². The minimum absolute atomic E-state index is 0.0554. The third kappa shape index (κ3) is 2.89. The highest BCUT2D eigenvalue weighted by Crippen LogP contribution is 2.19. The Labute approximate surface area is 91.6 Å². The Morgan fingerprint density at radius 2 is 2.27 bits per heavy atom. The van der Waals surface area contributed by atoms with Crippen LogP contribution in [0.2, 0.25) is 5.02 Å². The Morgan fingerprint density at radius 1 is 1.60 bits per heavy atom. The van der Waals surface area contributed by atoms with Crippen molar-refractivity contribution < 1.29 is 9.18 Å². The number of hydrogen-bond acceptors (Lipinski definition) is 3. The van der Waals surface area contributed by atoms with Gasteiger partial charge in [-0.25, -0.2) is 9.82 Å². The quantitative estimate of drug-likeness (QED) is 0.672. The van der Waals surface area contributed by atoms with E-state index in [9.17, 15) is 9.18 Å². The Hall–Kier alpha value is -1.17. The Bertz CT molecular complexity index is 372. The first-order valence-electron chi connectivity index (χ1n) is 4.23. The van der Waals surface area contributed by atoms with Gasteiger partial charge in [0, 0.05) is 7.05 Å². The van der Waals surface area contributed by atoms with E-state index < -0.39 is 17.8 Å². The fourth-order valence-corrected chi connectivity index (χ4v) is 1.25. The molecule has 0 radical (unpaired) electrons. The van der Waals surface area contributed by atoms with Gasteiger partial charge >= 0.3 is 0 Å². The van der Waals surface area contributed by atoms with Gasteiger partial charge in [0.2, 0.25) is 0 Å². The number of hydrazine groups is 1. The molecule has 1 amide bonds. The monoisotopic (exact) mass is 231 g/mol. The second-order valence-electron chi connectivity index (χ2n) is 2.89. The van der Waals surface area contributed by atoms with Crippen LogP contribution in [0.5, 0.6) is 0 Å². The summed E-state index contributed by atoms with van der Waals surface area (Å²) in [5.74, 6) is -0.957. The average molecular weight is 232 g/mol. The van der Waals surface area contributed by atoms with Crippen LogP contribution in [0.4, 0.5) is 4.39 Å². The van der Waals surface area contributed by atoms with Crippen molar-refractivity contribution in [3.63, 3.8) is 0 Å². The maximum absolute atomic E-state index is 12.8. The maximum Gasteiger partial charge on any atom is 0.255 e. The summed E-state index contributed by atoms with van der Waals surface area (Å²) >= 11 is 5.56. The summed E-state index contributed by atoms with van der Waals surface area (Å²) in [4.78, 5) is 11.3. The summed E-state index contributed by atoms with van der Waals surface area (Å²) in [5.41, 5.74) is 10.8. The highest BCUT2D eigenvalue weighted by atomic mass is 35.5. The summed E-state index contributed by atoms with van der Waals surface area (Å²) in [5, 5.41) is -0.0554. The Balaban J connectivity index is 2.86. The number of carbonyl (C=O) groups excluding carboxylic acids is 1. The van der Waals surface area contributed by atoms with Crippen molar-refractivity contribution in [2.24, 2.45) is 5.73 Å². The molecule has 4 nitrogen and oxygen atoms in total. The predicted molar refractivity (Wildman–Crippen MR) is 55.5 cm³/mol. The molecule has 82 valence electrons. The lowest BCUT2D eigenvalue weighted by Gasteiger charge is -2.12. The topological polar surface area (TPSA) is 67.1 Å². The molecule has 0 bridgehead atoms. The van der Waals surface area contributed by atoms with Gasteiger partial charge in [0.1, 0.15) is 11.9 Å². The molecule has 1 aromatic carbocycles. The molecule has 0 saturated heterocycles. The van der Waals surface area contributed by atoms with Crippen LogP contribution < -0.4 is 16.6 Å². The van der Waals surface area contributed by atoms with E-state index in [1.54, 1.807) is 7.05 Å². The number of nitrogens with two attached hydrogens (primary N) is 1. The van der Waals surface area contributed by atoms with Crippen LogP contribution in [0.25, 0.3) is 0 Å². The van der Waals surface area contributed by atoms with Crippen LogP contribution in [-0.4, -0.2) is 13.0 Å². The number of halogens is 2. The molecule has 1 rings (SSSR count). The molecule has 1 atom stereocenters. The second-order valence-corrected chi connectivity index (χ2v) is 3.30. The number of rotatable bonds is 3. The van der Waals surface area contributed by atoms with Crippen LogP contribution in [0, 0.1) is 5.82 Å². The summed E-state index contributed by atoms with van der Waals surface area (Å²) in [6.07, 6.45) is 0. The van der Waals surface area contributed by atoms with Gasteiger partial charge in [-0.3, -0.25) is 10.2 Å². The Morgan fingerprint density at radius 3 is 2.80 bits per heavy atom. The lowest BCUT2D eigenvalue weighted by molar-refractivity contribution is -0.123. The van der Waals surface area contributed by atoms with Gasteiger partial charge in [0.25, 0.3) is 5.91 Å². The first-order chi connectivity index (χ1) is 7.06. The van der Waals surface area contributed by atoms with Crippen molar-refractivity contribution in [1.29, 1.82) is 0 Å². The number of hydrogen-bond donors (Lipinski definition) is 3. The van der Waals surface area contributed by atoms with Crippen molar-refractivity contribution in [1.82, 2.24) is 10.9 Å². The Kier molecular flexibility index (Phi) is 4.02. The van der Waals surface area contributed by atoms with E-state index >= 15 is 0 Å². The SMILES string of the molecule is CNNC(=O)C(N)c1ccc(F)c(Cl)c1. The van der Waals surface area contributed by atoms with E-state index in [-0.39, 0.29) is 5.02 Å². The third-order valence-electron chi connectivity index (χ3n) is 1.83. The summed E-state index contributed by atoms with van der Waals surface area (Å²) in [7, 11) is 1.54. The van der Waals surface area contributed by atoms with Gasteiger partial charge in [-0.1, -0.05) is 17.7 Å². The van der Waals surface area contributed by atoms with Crippen molar-refractivity contribution in [3.8, 4) is 0 Å².